The van der Waals surface area contributed by atoms with Crippen molar-refractivity contribution in [1.29, 1.82) is 0 Å². The van der Waals surface area contributed by atoms with Crippen molar-refractivity contribution >= 4 is 11.9 Å². The molecule has 0 aromatic carbocycles. The first-order valence-corrected chi connectivity index (χ1v) is 29.1. The number of ether oxygens (including phenoxy) is 1. The van der Waals surface area contributed by atoms with E-state index in [9.17, 15) is 19.8 Å². The Hall–Kier alpha value is -1.66. The number of allylic oxidation sites excluding steroid dienone is 4. The van der Waals surface area contributed by atoms with Gasteiger partial charge in [-0.1, -0.05) is 256 Å². The molecule has 1 amide bonds. The van der Waals surface area contributed by atoms with E-state index in [-0.39, 0.29) is 18.5 Å². The van der Waals surface area contributed by atoms with Crippen LogP contribution in [0.15, 0.2) is 24.3 Å². The lowest BCUT2D eigenvalue weighted by atomic mass is 10.0. The number of esters is 1. The van der Waals surface area contributed by atoms with Crippen LogP contribution in [0.2, 0.25) is 0 Å². The summed E-state index contributed by atoms with van der Waals surface area (Å²) in [6.45, 7) is 4.88. The van der Waals surface area contributed by atoms with Crippen molar-refractivity contribution < 1.29 is 24.5 Å². The average Bonchev–Trinajstić information content (AvgIpc) is 3.31. The summed E-state index contributed by atoms with van der Waals surface area (Å²) in [6, 6.07) is -0.580. The van der Waals surface area contributed by atoms with Gasteiger partial charge in [-0.3, -0.25) is 9.59 Å². The van der Waals surface area contributed by atoms with Gasteiger partial charge in [-0.2, -0.15) is 0 Å². The number of rotatable bonds is 54. The average molecular weight is 917 g/mol. The largest absolute Gasteiger partial charge is 0.466 e. The molecule has 0 aromatic heterocycles. The molecule has 3 N–H and O–H groups in total. The molecule has 0 bridgehead atoms. The van der Waals surface area contributed by atoms with E-state index in [1.807, 2.05) is 0 Å². The quantitative estimate of drug-likeness (QED) is 0.0321. The Morgan fingerprint density at radius 1 is 0.415 bits per heavy atom. The fourth-order valence-corrected chi connectivity index (χ4v) is 8.99. The highest BCUT2D eigenvalue weighted by molar-refractivity contribution is 5.76. The molecule has 0 saturated carbocycles. The van der Waals surface area contributed by atoms with E-state index in [4.69, 9.17) is 4.74 Å². The highest BCUT2D eigenvalue weighted by atomic mass is 16.5. The number of carbonyl (C=O) groups excluding carboxylic acids is 2. The zero-order valence-electron chi connectivity index (χ0n) is 43.7. The van der Waals surface area contributed by atoms with Crippen molar-refractivity contribution in [3.05, 3.63) is 24.3 Å². The van der Waals surface area contributed by atoms with Gasteiger partial charge in [-0.15, -0.1) is 0 Å². The summed E-state index contributed by atoms with van der Waals surface area (Å²) < 4.78 is 5.45. The molecule has 0 aromatic rings. The third-order valence-electron chi connectivity index (χ3n) is 13.5. The minimum atomic E-state index is -0.696. The number of aliphatic hydroxyl groups is 2. The van der Waals surface area contributed by atoms with E-state index in [1.54, 1.807) is 0 Å². The van der Waals surface area contributed by atoms with Crippen LogP contribution < -0.4 is 5.32 Å². The third kappa shape index (κ3) is 51.6. The molecule has 0 aliphatic heterocycles. The Morgan fingerprint density at radius 3 is 1.12 bits per heavy atom. The van der Waals surface area contributed by atoms with E-state index < -0.39 is 12.1 Å². The molecule has 65 heavy (non-hydrogen) atoms. The molecule has 384 valence electrons. The Balaban J connectivity index is 3.51. The first-order valence-electron chi connectivity index (χ1n) is 29.1. The molecule has 0 fully saturated rings. The first-order chi connectivity index (χ1) is 32.0. The Bertz CT molecular complexity index is 1010. The number of amides is 1. The zero-order chi connectivity index (χ0) is 47.2. The van der Waals surface area contributed by atoms with E-state index in [0.717, 1.165) is 70.6 Å². The lowest BCUT2D eigenvalue weighted by molar-refractivity contribution is -0.143. The minimum Gasteiger partial charge on any atom is -0.466 e. The van der Waals surface area contributed by atoms with Crippen LogP contribution in [0.1, 0.15) is 316 Å². The van der Waals surface area contributed by atoms with Crippen molar-refractivity contribution in [3.63, 3.8) is 0 Å². The number of carbonyl (C=O) groups is 2. The first kappa shape index (κ1) is 63.3. The molecule has 0 heterocycles. The fourth-order valence-electron chi connectivity index (χ4n) is 8.99. The summed E-state index contributed by atoms with van der Waals surface area (Å²) in [5, 5.41) is 23.3. The van der Waals surface area contributed by atoms with Crippen LogP contribution in [-0.4, -0.2) is 47.4 Å². The van der Waals surface area contributed by atoms with E-state index in [0.29, 0.717) is 25.9 Å². The number of hydrogen-bond acceptors (Lipinski definition) is 5. The summed E-state index contributed by atoms with van der Waals surface area (Å²) in [4.78, 5) is 24.5. The van der Waals surface area contributed by atoms with Crippen LogP contribution >= 0.6 is 0 Å². The monoisotopic (exact) mass is 916 g/mol. The molecule has 6 nitrogen and oxygen atoms in total. The summed E-state index contributed by atoms with van der Waals surface area (Å²) >= 11 is 0. The van der Waals surface area contributed by atoms with Crippen LogP contribution in [0.3, 0.4) is 0 Å². The standard InChI is InChI=1S/C59H113NO5/c1-3-5-7-9-11-13-15-17-19-21-22-23-24-25-27-28-30-32-35-39-43-47-51-57(62)56(55-61)60-58(63)52-48-44-40-36-34-38-42-46-50-54-65-59(64)53-49-45-41-37-33-31-29-26-20-18-16-14-12-10-8-6-4-2/h18,20,36,40,56-57,61-62H,3-17,19,21-35,37-39,41-55H2,1-2H3,(H,60,63)/b20-18-,40-36-. The Labute approximate surface area is 405 Å². The number of aliphatic hydroxyl groups excluding tert-OH is 2. The SMILES string of the molecule is CCCCCCCC/C=C\CCCCCCCCCC(=O)OCCCCCC/C=C\CCCC(=O)NC(CO)C(O)CCCCCCCCCCCCCCCCCCCCCCCC. The van der Waals surface area contributed by atoms with Gasteiger partial charge in [0.1, 0.15) is 0 Å². The van der Waals surface area contributed by atoms with Gasteiger partial charge >= 0.3 is 5.97 Å². The van der Waals surface area contributed by atoms with Crippen molar-refractivity contribution in [2.24, 2.45) is 0 Å². The van der Waals surface area contributed by atoms with Gasteiger partial charge in [0.25, 0.3) is 0 Å². The molecule has 6 heteroatoms. The van der Waals surface area contributed by atoms with Gasteiger partial charge < -0.3 is 20.3 Å². The summed E-state index contributed by atoms with van der Waals surface area (Å²) in [5.74, 6) is -0.131. The van der Waals surface area contributed by atoms with Crippen molar-refractivity contribution in [3.8, 4) is 0 Å². The van der Waals surface area contributed by atoms with E-state index in [2.05, 4.69) is 43.5 Å². The van der Waals surface area contributed by atoms with Gasteiger partial charge in [0.15, 0.2) is 0 Å². The van der Waals surface area contributed by atoms with Crippen LogP contribution in [0.5, 0.6) is 0 Å². The Kier molecular flexibility index (Phi) is 53.5. The smallest absolute Gasteiger partial charge is 0.305 e. The van der Waals surface area contributed by atoms with Gasteiger partial charge in [-0.05, 0) is 70.6 Å². The van der Waals surface area contributed by atoms with Crippen molar-refractivity contribution in [2.75, 3.05) is 13.2 Å². The fraction of sp³-hybridized carbons (Fsp3) is 0.898. The van der Waals surface area contributed by atoms with Crippen LogP contribution in [-0.2, 0) is 14.3 Å². The highest BCUT2D eigenvalue weighted by Gasteiger charge is 2.20. The molecular formula is C59H113NO5. The highest BCUT2D eigenvalue weighted by Crippen LogP contribution is 2.17. The van der Waals surface area contributed by atoms with Crippen LogP contribution in [0.4, 0.5) is 0 Å². The summed E-state index contributed by atoms with van der Waals surface area (Å²) in [7, 11) is 0. The molecule has 2 atom stereocenters. The second-order valence-corrected chi connectivity index (χ2v) is 20.0. The van der Waals surface area contributed by atoms with E-state index >= 15 is 0 Å². The van der Waals surface area contributed by atoms with Crippen molar-refractivity contribution in [1.82, 2.24) is 5.32 Å². The van der Waals surface area contributed by atoms with Gasteiger partial charge in [0, 0.05) is 12.8 Å². The second kappa shape index (κ2) is 54.9. The second-order valence-electron chi connectivity index (χ2n) is 20.0. The maximum Gasteiger partial charge on any atom is 0.305 e. The van der Waals surface area contributed by atoms with Gasteiger partial charge in [0.2, 0.25) is 5.91 Å². The summed E-state index contributed by atoms with van der Waals surface area (Å²) in [5.41, 5.74) is 0. The third-order valence-corrected chi connectivity index (χ3v) is 13.5. The number of nitrogens with one attached hydrogen (secondary N) is 1. The van der Waals surface area contributed by atoms with Crippen LogP contribution in [0.25, 0.3) is 0 Å². The minimum absolute atomic E-state index is 0.0381. The topological polar surface area (TPSA) is 95.9 Å². The van der Waals surface area contributed by atoms with Crippen molar-refractivity contribution in [2.45, 2.75) is 328 Å². The maximum atomic E-state index is 12.5. The van der Waals surface area contributed by atoms with Gasteiger partial charge in [-0.25, -0.2) is 0 Å². The molecule has 0 radical (unpaired) electrons. The lowest BCUT2D eigenvalue weighted by Crippen LogP contribution is -2.45. The molecular weight excluding hydrogens is 803 g/mol. The number of unbranched alkanes of at least 4 members (excludes halogenated alkanes) is 39. The molecule has 0 rings (SSSR count). The maximum absolute atomic E-state index is 12.5. The normalized spacial score (nSPS) is 12.7. The van der Waals surface area contributed by atoms with Gasteiger partial charge in [0.05, 0.1) is 25.4 Å². The summed E-state index contributed by atoms with van der Waals surface area (Å²) in [6.07, 6.45) is 66.1. The molecule has 0 aliphatic rings. The van der Waals surface area contributed by atoms with E-state index in [1.165, 1.54) is 212 Å². The zero-order valence-corrected chi connectivity index (χ0v) is 43.7. The predicted octanol–water partition coefficient (Wildman–Crippen LogP) is 17.9. The van der Waals surface area contributed by atoms with Crippen LogP contribution in [0, 0.1) is 0 Å². The molecule has 0 saturated heterocycles. The molecule has 2 unspecified atom stereocenters. The lowest BCUT2D eigenvalue weighted by Gasteiger charge is -2.22. The number of hydrogen-bond donors (Lipinski definition) is 3. The Morgan fingerprint density at radius 2 is 0.738 bits per heavy atom. The molecule has 0 spiro atoms. The predicted molar refractivity (Wildman–Crippen MR) is 283 cm³/mol. The molecule has 0 aliphatic carbocycles.